The number of aromatic nitrogens is 1. The number of likely N-dealkylation sites (N-methyl/N-ethyl adjacent to an activating group) is 1. The molecule has 25 heavy (non-hydrogen) atoms. The predicted molar refractivity (Wildman–Crippen MR) is 106 cm³/mol. The highest BCUT2D eigenvalue weighted by Crippen LogP contribution is 2.33. The van der Waals surface area contributed by atoms with Gasteiger partial charge >= 0.3 is 0 Å². The van der Waals surface area contributed by atoms with Gasteiger partial charge in [0.2, 0.25) is 0 Å². The fraction of sp³-hybridized carbons (Fsp3) is 0.286. The molecule has 0 aliphatic carbocycles. The number of fused-ring (bicyclic) bond motifs is 1. The lowest BCUT2D eigenvalue weighted by Crippen LogP contribution is -2.44. The molecule has 1 aliphatic heterocycles. The summed E-state index contributed by atoms with van der Waals surface area (Å²) in [5.41, 5.74) is 3.40. The maximum absolute atomic E-state index is 4.83. The summed E-state index contributed by atoms with van der Waals surface area (Å²) in [6.07, 6.45) is 1.97. The van der Waals surface area contributed by atoms with E-state index in [1.807, 2.05) is 24.4 Å². The number of hydrogen-bond donors (Lipinski definition) is 1. The maximum atomic E-state index is 4.83. The van der Waals surface area contributed by atoms with E-state index in [1.165, 1.54) is 16.3 Å². The van der Waals surface area contributed by atoms with Crippen LogP contribution in [-0.4, -0.2) is 43.1 Å². The lowest BCUT2D eigenvalue weighted by molar-refractivity contribution is 0.312. The number of rotatable bonds is 3. The zero-order valence-corrected chi connectivity index (χ0v) is 14.9. The fourth-order valence-electron chi connectivity index (χ4n) is 3.39. The van der Waals surface area contributed by atoms with Gasteiger partial charge in [-0.1, -0.05) is 35.9 Å². The van der Waals surface area contributed by atoms with Crippen molar-refractivity contribution >= 4 is 28.0 Å². The van der Waals surface area contributed by atoms with Crippen molar-refractivity contribution in [2.24, 2.45) is 0 Å². The van der Waals surface area contributed by atoms with Crippen LogP contribution in [0, 0.1) is 6.92 Å². The van der Waals surface area contributed by atoms with Gasteiger partial charge in [0.1, 0.15) is 5.82 Å². The molecule has 0 unspecified atom stereocenters. The minimum Gasteiger partial charge on any atom is -0.354 e. The second-order valence-electron chi connectivity index (χ2n) is 6.83. The monoisotopic (exact) mass is 332 g/mol. The third-order valence-corrected chi connectivity index (χ3v) is 4.88. The SMILES string of the molecule is Cc1ccc2c(N3CCN(C)CC3)ncc(Nc3ccccc3)c2c1. The van der Waals surface area contributed by atoms with Gasteiger partial charge in [0.25, 0.3) is 0 Å². The molecule has 1 aliphatic rings. The number of nitrogens with zero attached hydrogens (tertiary/aromatic N) is 3. The molecule has 2 aromatic carbocycles. The van der Waals surface area contributed by atoms with E-state index < -0.39 is 0 Å². The Balaban J connectivity index is 1.76. The zero-order valence-electron chi connectivity index (χ0n) is 14.9. The van der Waals surface area contributed by atoms with E-state index in [9.17, 15) is 0 Å². The second kappa shape index (κ2) is 6.73. The normalized spacial score (nSPS) is 15.5. The van der Waals surface area contributed by atoms with E-state index in [2.05, 4.69) is 59.4 Å². The van der Waals surface area contributed by atoms with Crippen molar-refractivity contribution in [3.8, 4) is 0 Å². The summed E-state index contributed by atoms with van der Waals surface area (Å²) in [6.45, 7) is 6.36. The van der Waals surface area contributed by atoms with Crippen LogP contribution in [0.5, 0.6) is 0 Å². The lowest BCUT2D eigenvalue weighted by Gasteiger charge is -2.34. The number of piperazine rings is 1. The van der Waals surface area contributed by atoms with Crippen LogP contribution in [-0.2, 0) is 0 Å². The Kier molecular flexibility index (Phi) is 4.28. The maximum Gasteiger partial charge on any atom is 0.136 e. The van der Waals surface area contributed by atoms with Gasteiger partial charge in [0, 0.05) is 42.6 Å². The van der Waals surface area contributed by atoms with Crippen LogP contribution in [0.15, 0.2) is 54.7 Å². The fourth-order valence-corrected chi connectivity index (χ4v) is 3.39. The minimum atomic E-state index is 1.03. The minimum absolute atomic E-state index is 1.03. The zero-order chi connectivity index (χ0) is 17.2. The highest BCUT2D eigenvalue weighted by atomic mass is 15.3. The molecule has 1 fully saturated rings. The van der Waals surface area contributed by atoms with E-state index in [0.717, 1.165) is 43.4 Å². The molecule has 1 aromatic heterocycles. The summed E-state index contributed by atoms with van der Waals surface area (Å²) in [5.74, 6) is 1.10. The van der Waals surface area contributed by atoms with Gasteiger partial charge in [0.05, 0.1) is 11.9 Å². The molecule has 128 valence electrons. The molecule has 3 aromatic rings. The molecule has 0 radical (unpaired) electrons. The van der Waals surface area contributed by atoms with Gasteiger partial charge in [-0.15, -0.1) is 0 Å². The molecule has 0 spiro atoms. The van der Waals surface area contributed by atoms with Crippen molar-refractivity contribution in [2.45, 2.75) is 6.92 Å². The number of aryl methyl sites for hydroxylation is 1. The molecule has 0 saturated carbocycles. The first-order valence-corrected chi connectivity index (χ1v) is 8.85. The van der Waals surface area contributed by atoms with Gasteiger partial charge < -0.3 is 15.1 Å². The smallest absolute Gasteiger partial charge is 0.136 e. The van der Waals surface area contributed by atoms with Gasteiger partial charge in [-0.3, -0.25) is 0 Å². The van der Waals surface area contributed by atoms with E-state index >= 15 is 0 Å². The van der Waals surface area contributed by atoms with Gasteiger partial charge in [-0.25, -0.2) is 4.98 Å². The Labute approximate surface area is 149 Å². The summed E-state index contributed by atoms with van der Waals surface area (Å²) in [4.78, 5) is 9.60. The summed E-state index contributed by atoms with van der Waals surface area (Å²) in [7, 11) is 2.18. The van der Waals surface area contributed by atoms with E-state index in [0.29, 0.717) is 0 Å². The highest BCUT2D eigenvalue weighted by molar-refractivity contribution is 6.01. The Morgan fingerprint density at radius 2 is 1.68 bits per heavy atom. The Morgan fingerprint density at radius 1 is 0.920 bits per heavy atom. The summed E-state index contributed by atoms with van der Waals surface area (Å²) >= 11 is 0. The second-order valence-corrected chi connectivity index (χ2v) is 6.83. The standard InChI is InChI=1S/C21H24N4/c1-16-8-9-18-19(14-16)20(23-17-6-4-3-5-7-17)15-22-21(18)25-12-10-24(2)11-13-25/h3-9,14-15,23H,10-13H2,1-2H3. The summed E-state index contributed by atoms with van der Waals surface area (Å²) in [6, 6.07) is 16.9. The van der Waals surface area contributed by atoms with Crippen LogP contribution in [0.2, 0.25) is 0 Å². The molecule has 2 heterocycles. The Morgan fingerprint density at radius 3 is 2.44 bits per heavy atom. The van der Waals surface area contributed by atoms with Gasteiger partial charge in [-0.05, 0) is 32.2 Å². The van der Waals surface area contributed by atoms with E-state index in [4.69, 9.17) is 4.98 Å². The topological polar surface area (TPSA) is 31.4 Å². The molecule has 0 atom stereocenters. The highest BCUT2D eigenvalue weighted by Gasteiger charge is 2.18. The van der Waals surface area contributed by atoms with Crippen LogP contribution >= 0.6 is 0 Å². The lowest BCUT2D eigenvalue weighted by atomic mass is 10.1. The van der Waals surface area contributed by atoms with Crippen molar-refractivity contribution in [1.29, 1.82) is 0 Å². The summed E-state index contributed by atoms with van der Waals surface area (Å²) in [5, 5.41) is 5.97. The molecule has 4 nitrogen and oxygen atoms in total. The predicted octanol–water partition coefficient (Wildman–Crippen LogP) is 4.04. The number of pyridine rings is 1. The van der Waals surface area contributed by atoms with Crippen molar-refractivity contribution in [1.82, 2.24) is 9.88 Å². The number of nitrogens with one attached hydrogen (secondary N) is 1. The van der Waals surface area contributed by atoms with Crippen LogP contribution in [0.25, 0.3) is 10.8 Å². The molecule has 0 bridgehead atoms. The molecule has 4 heteroatoms. The van der Waals surface area contributed by atoms with Crippen LogP contribution in [0.1, 0.15) is 5.56 Å². The Hall–Kier alpha value is -2.59. The van der Waals surface area contributed by atoms with Gasteiger partial charge in [-0.2, -0.15) is 0 Å². The van der Waals surface area contributed by atoms with Gasteiger partial charge in [0.15, 0.2) is 0 Å². The molecular weight excluding hydrogens is 308 g/mol. The molecule has 1 saturated heterocycles. The van der Waals surface area contributed by atoms with Crippen molar-refractivity contribution in [3.63, 3.8) is 0 Å². The third kappa shape index (κ3) is 3.30. The van der Waals surface area contributed by atoms with Crippen LogP contribution in [0.4, 0.5) is 17.2 Å². The number of benzene rings is 2. The molecule has 0 amide bonds. The van der Waals surface area contributed by atoms with Crippen molar-refractivity contribution in [2.75, 3.05) is 43.4 Å². The Bertz CT molecular complexity index is 868. The quantitative estimate of drug-likeness (QED) is 0.784. The first-order valence-electron chi connectivity index (χ1n) is 8.85. The summed E-state index contributed by atoms with van der Waals surface area (Å²) < 4.78 is 0. The number of anilines is 3. The average Bonchev–Trinajstić information content (AvgIpc) is 2.64. The molecular formula is C21H24N4. The molecule has 4 rings (SSSR count). The average molecular weight is 332 g/mol. The third-order valence-electron chi connectivity index (χ3n) is 4.88. The van der Waals surface area contributed by atoms with Crippen LogP contribution in [0.3, 0.4) is 0 Å². The number of para-hydroxylation sites is 1. The first-order chi connectivity index (χ1) is 12.2. The number of hydrogen-bond acceptors (Lipinski definition) is 4. The van der Waals surface area contributed by atoms with E-state index in [-0.39, 0.29) is 0 Å². The first kappa shape index (κ1) is 15.9. The van der Waals surface area contributed by atoms with Crippen molar-refractivity contribution < 1.29 is 0 Å². The van der Waals surface area contributed by atoms with E-state index in [1.54, 1.807) is 0 Å². The van der Waals surface area contributed by atoms with Crippen LogP contribution < -0.4 is 10.2 Å². The molecule has 1 N–H and O–H groups in total. The van der Waals surface area contributed by atoms with Crippen molar-refractivity contribution in [3.05, 3.63) is 60.3 Å². The largest absolute Gasteiger partial charge is 0.354 e.